The minimum Gasteiger partial charge on any atom is -0.340 e. The second-order valence-electron chi connectivity index (χ2n) is 7.78. The highest BCUT2D eigenvalue weighted by molar-refractivity contribution is 5.89. The Kier molecular flexibility index (Phi) is 4.78. The summed E-state index contributed by atoms with van der Waals surface area (Å²) < 4.78 is 13.4. The van der Waals surface area contributed by atoms with Crippen LogP contribution < -0.4 is 5.32 Å². The van der Waals surface area contributed by atoms with Crippen LogP contribution in [0.1, 0.15) is 37.7 Å². The summed E-state index contributed by atoms with van der Waals surface area (Å²) in [4.78, 5) is 18.1. The Morgan fingerprint density at radius 3 is 2.44 bits per heavy atom. The Morgan fingerprint density at radius 2 is 1.76 bits per heavy atom. The highest BCUT2D eigenvalue weighted by Gasteiger charge is 2.46. The zero-order valence-electron chi connectivity index (χ0n) is 14.8. The van der Waals surface area contributed by atoms with E-state index in [0.717, 1.165) is 76.9 Å². The van der Waals surface area contributed by atoms with Gasteiger partial charge in [-0.05, 0) is 37.0 Å². The number of hydrogen-bond acceptors (Lipinski definition) is 3. The van der Waals surface area contributed by atoms with Gasteiger partial charge in [-0.3, -0.25) is 9.69 Å². The molecule has 1 aliphatic carbocycles. The molecule has 2 aliphatic heterocycles. The quantitative estimate of drug-likeness (QED) is 0.912. The Balaban J connectivity index is 1.51. The second kappa shape index (κ2) is 7.04. The summed E-state index contributed by atoms with van der Waals surface area (Å²) >= 11 is 0. The minimum atomic E-state index is -0.425. The largest absolute Gasteiger partial charge is 0.340 e. The molecule has 4 rings (SSSR count). The standard InChI is InChI=1S/C20H28FN3O/c21-17-5-3-16(4-6-17)20(8-1-2-9-20)19(25)24-12-7-18(15-24)23-13-10-22-11-14-23/h3-6,18,22H,1-2,7-15H2. The molecule has 1 saturated carbocycles. The maximum Gasteiger partial charge on any atom is 0.233 e. The smallest absolute Gasteiger partial charge is 0.233 e. The van der Waals surface area contributed by atoms with Crippen LogP contribution in [0.4, 0.5) is 4.39 Å². The van der Waals surface area contributed by atoms with Crippen molar-refractivity contribution in [2.75, 3.05) is 39.3 Å². The predicted molar refractivity (Wildman–Crippen MR) is 96.0 cm³/mol. The molecule has 5 heteroatoms. The van der Waals surface area contributed by atoms with Gasteiger partial charge in [0.1, 0.15) is 5.82 Å². The summed E-state index contributed by atoms with van der Waals surface area (Å²) in [5, 5.41) is 3.40. The molecule has 1 aromatic rings. The zero-order valence-corrected chi connectivity index (χ0v) is 14.8. The van der Waals surface area contributed by atoms with E-state index in [1.165, 1.54) is 12.1 Å². The zero-order chi connectivity index (χ0) is 17.3. The number of carbonyl (C=O) groups is 1. The van der Waals surface area contributed by atoms with Gasteiger partial charge in [-0.2, -0.15) is 0 Å². The molecule has 1 N–H and O–H groups in total. The van der Waals surface area contributed by atoms with Crippen LogP contribution in [-0.2, 0) is 10.2 Å². The molecule has 1 unspecified atom stereocenters. The molecule has 2 saturated heterocycles. The first kappa shape index (κ1) is 17.0. The third-order valence-corrected chi connectivity index (χ3v) is 6.38. The topological polar surface area (TPSA) is 35.6 Å². The van der Waals surface area contributed by atoms with E-state index in [0.29, 0.717) is 6.04 Å². The van der Waals surface area contributed by atoms with Crippen molar-refractivity contribution in [1.82, 2.24) is 15.1 Å². The van der Waals surface area contributed by atoms with Crippen molar-refractivity contribution < 1.29 is 9.18 Å². The second-order valence-corrected chi connectivity index (χ2v) is 7.78. The van der Waals surface area contributed by atoms with Crippen LogP contribution >= 0.6 is 0 Å². The van der Waals surface area contributed by atoms with Crippen molar-refractivity contribution in [1.29, 1.82) is 0 Å². The molecule has 0 radical (unpaired) electrons. The number of carbonyl (C=O) groups excluding carboxylic acids is 1. The average molecular weight is 345 g/mol. The first-order valence-corrected chi connectivity index (χ1v) is 9.69. The molecule has 0 bridgehead atoms. The van der Waals surface area contributed by atoms with Gasteiger partial charge in [0.15, 0.2) is 0 Å². The van der Waals surface area contributed by atoms with Gasteiger partial charge in [0.2, 0.25) is 5.91 Å². The Hall–Kier alpha value is -1.46. The molecule has 3 aliphatic rings. The van der Waals surface area contributed by atoms with Gasteiger partial charge in [-0.15, -0.1) is 0 Å². The number of nitrogens with zero attached hydrogens (tertiary/aromatic N) is 2. The predicted octanol–water partition coefficient (Wildman–Crippen LogP) is 2.14. The molecule has 3 fully saturated rings. The van der Waals surface area contributed by atoms with E-state index in [9.17, 15) is 9.18 Å². The molecule has 2 heterocycles. The van der Waals surface area contributed by atoms with Crippen molar-refractivity contribution in [2.45, 2.75) is 43.6 Å². The van der Waals surface area contributed by atoms with Crippen LogP contribution in [0.3, 0.4) is 0 Å². The number of piperazine rings is 1. The molecule has 136 valence electrons. The fourth-order valence-corrected chi connectivity index (χ4v) is 4.95. The molecule has 0 spiro atoms. The van der Waals surface area contributed by atoms with Crippen LogP contribution in [0.5, 0.6) is 0 Å². The van der Waals surface area contributed by atoms with Crippen LogP contribution in [0.25, 0.3) is 0 Å². The number of halogens is 1. The Morgan fingerprint density at radius 1 is 1.08 bits per heavy atom. The van der Waals surface area contributed by atoms with E-state index in [1.54, 1.807) is 0 Å². The van der Waals surface area contributed by atoms with Gasteiger partial charge in [0.05, 0.1) is 5.41 Å². The van der Waals surface area contributed by atoms with Crippen LogP contribution in [0.2, 0.25) is 0 Å². The third-order valence-electron chi connectivity index (χ3n) is 6.38. The fraction of sp³-hybridized carbons (Fsp3) is 0.650. The van der Waals surface area contributed by atoms with E-state index >= 15 is 0 Å². The molecule has 1 aromatic carbocycles. The number of amides is 1. The summed E-state index contributed by atoms with van der Waals surface area (Å²) in [7, 11) is 0. The lowest BCUT2D eigenvalue weighted by Crippen LogP contribution is -2.50. The third kappa shape index (κ3) is 3.20. The van der Waals surface area contributed by atoms with Crippen LogP contribution in [0.15, 0.2) is 24.3 Å². The highest BCUT2D eigenvalue weighted by Crippen LogP contribution is 2.43. The van der Waals surface area contributed by atoms with E-state index < -0.39 is 5.41 Å². The summed E-state index contributed by atoms with van der Waals surface area (Å²) in [5.41, 5.74) is 0.577. The lowest BCUT2D eigenvalue weighted by atomic mass is 9.77. The number of likely N-dealkylation sites (tertiary alicyclic amines) is 1. The minimum absolute atomic E-state index is 0.232. The molecule has 1 atom stereocenters. The Labute approximate surface area is 149 Å². The average Bonchev–Trinajstić information content (AvgIpc) is 3.33. The summed E-state index contributed by atoms with van der Waals surface area (Å²) in [6, 6.07) is 7.13. The normalized spacial score (nSPS) is 26.9. The monoisotopic (exact) mass is 345 g/mol. The highest BCUT2D eigenvalue weighted by atomic mass is 19.1. The molecule has 4 nitrogen and oxygen atoms in total. The molecular weight excluding hydrogens is 317 g/mol. The van der Waals surface area contributed by atoms with Gasteiger partial charge in [0, 0.05) is 45.3 Å². The molecule has 0 aromatic heterocycles. The first-order valence-electron chi connectivity index (χ1n) is 9.69. The van der Waals surface area contributed by atoms with Gasteiger partial charge < -0.3 is 10.2 Å². The summed E-state index contributed by atoms with van der Waals surface area (Å²) in [6.07, 6.45) is 5.03. The van der Waals surface area contributed by atoms with E-state index in [-0.39, 0.29) is 11.7 Å². The first-order chi connectivity index (χ1) is 12.2. The van der Waals surface area contributed by atoms with Gasteiger partial charge >= 0.3 is 0 Å². The van der Waals surface area contributed by atoms with Gasteiger partial charge in [-0.25, -0.2) is 4.39 Å². The number of benzene rings is 1. The number of hydrogen-bond donors (Lipinski definition) is 1. The molecule has 25 heavy (non-hydrogen) atoms. The van der Waals surface area contributed by atoms with Crippen molar-refractivity contribution in [3.63, 3.8) is 0 Å². The van der Waals surface area contributed by atoms with Crippen LogP contribution in [0, 0.1) is 5.82 Å². The number of rotatable bonds is 3. The molecule has 1 amide bonds. The SMILES string of the molecule is O=C(N1CCC(N2CCNCC2)C1)C1(c2ccc(F)cc2)CCCC1. The lowest BCUT2D eigenvalue weighted by Gasteiger charge is -2.35. The summed E-state index contributed by atoms with van der Waals surface area (Å²) in [5.74, 6) is 0.0403. The van der Waals surface area contributed by atoms with Crippen molar-refractivity contribution in [2.24, 2.45) is 0 Å². The van der Waals surface area contributed by atoms with Crippen molar-refractivity contribution in [3.8, 4) is 0 Å². The molecular formula is C20H28FN3O. The maximum absolute atomic E-state index is 13.5. The van der Waals surface area contributed by atoms with E-state index in [2.05, 4.69) is 15.1 Å². The van der Waals surface area contributed by atoms with E-state index in [4.69, 9.17) is 0 Å². The lowest BCUT2D eigenvalue weighted by molar-refractivity contribution is -0.136. The van der Waals surface area contributed by atoms with Crippen molar-refractivity contribution >= 4 is 5.91 Å². The van der Waals surface area contributed by atoms with Gasteiger partial charge in [-0.1, -0.05) is 25.0 Å². The Bertz CT molecular complexity index is 606. The number of nitrogens with one attached hydrogen (secondary N) is 1. The fourth-order valence-electron chi connectivity index (χ4n) is 4.95. The summed E-state index contributed by atoms with van der Waals surface area (Å²) in [6.45, 7) is 5.96. The van der Waals surface area contributed by atoms with Crippen molar-refractivity contribution in [3.05, 3.63) is 35.6 Å². The van der Waals surface area contributed by atoms with E-state index in [1.807, 2.05) is 12.1 Å². The van der Waals surface area contributed by atoms with Crippen LogP contribution in [-0.4, -0.2) is 61.0 Å². The van der Waals surface area contributed by atoms with Gasteiger partial charge in [0.25, 0.3) is 0 Å². The maximum atomic E-state index is 13.5.